The van der Waals surface area contributed by atoms with Crippen molar-refractivity contribution in [1.29, 1.82) is 0 Å². The van der Waals surface area contributed by atoms with Crippen LogP contribution in [0.15, 0.2) is 78.9 Å². The Morgan fingerprint density at radius 1 is 0.871 bits per heavy atom. The van der Waals surface area contributed by atoms with Crippen LogP contribution in [0, 0.1) is 0 Å². The fourth-order valence-electron chi connectivity index (χ4n) is 2.92. The van der Waals surface area contributed by atoms with Crippen LogP contribution in [0.25, 0.3) is 11.1 Å². The minimum atomic E-state index is -0.928. The quantitative estimate of drug-likeness (QED) is 0.462. The van der Waals surface area contributed by atoms with E-state index >= 15 is 0 Å². The lowest BCUT2D eigenvalue weighted by Gasteiger charge is -2.14. The van der Waals surface area contributed by atoms with Crippen LogP contribution >= 0.6 is 0 Å². The molecule has 1 amide bonds. The highest BCUT2D eigenvalue weighted by Crippen LogP contribution is 2.24. The minimum absolute atomic E-state index is 0.337. The molecule has 1 N–H and O–H groups in total. The Morgan fingerprint density at radius 3 is 2.26 bits per heavy atom. The second-order valence-electron chi connectivity index (χ2n) is 6.95. The molecular weight excluding hydrogens is 394 g/mol. The number of carbonyl (C=O) groups is 3. The Hall–Kier alpha value is -3.93. The molecule has 0 heterocycles. The van der Waals surface area contributed by atoms with E-state index in [0.29, 0.717) is 17.9 Å². The van der Waals surface area contributed by atoms with E-state index in [2.05, 4.69) is 5.32 Å². The molecule has 6 heteroatoms. The Balaban J connectivity index is 1.61. The molecule has 0 bridgehead atoms. The van der Waals surface area contributed by atoms with Crippen molar-refractivity contribution < 1.29 is 23.9 Å². The van der Waals surface area contributed by atoms with Gasteiger partial charge >= 0.3 is 11.9 Å². The van der Waals surface area contributed by atoms with E-state index < -0.39 is 12.1 Å². The standard InChI is InChI=1S/C25H23NO5/c1-17(24(28)26-16-19-7-4-3-5-8-19)30-25(29)22-10-6-9-21(15-22)20-11-13-23(14-12-20)31-18(2)27/h3-15,17H,16H2,1-2H3,(H,26,28)/t17-/m0/s1. The van der Waals surface area contributed by atoms with Gasteiger partial charge in [-0.15, -0.1) is 0 Å². The molecule has 0 aliphatic carbocycles. The first-order valence-electron chi connectivity index (χ1n) is 9.84. The molecule has 0 aliphatic rings. The van der Waals surface area contributed by atoms with Gasteiger partial charge in [-0.3, -0.25) is 9.59 Å². The van der Waals surface area contributed by atoms with Gasteiger partial charge in [-0.1, -0.05) is 54.6 Å². The SMILES string of the molecule is CC(=O)Oc1ccc(-c2cccc(C(=O)O[C@@H](C)C(=O)NCc3ccccc3)c2)cc1. The summed E-state index contributed by atoms with van der Waals surface area (Å²) in [5, 5.41) is 2.76. The molecule has 0 radical (unpaired) electrons. The number of carbonyl (C=O) groups excluding carboxylic acids is 3. The lowest BCUT2D eigenvalue weighted by molar-refractivity contribution is -0.132. The lowest BCUT2D eigenvalue weighted by Crippen LogP contribution is -2.35. The summed E-state index contributed by atoms with van der Waals surface area (Å²) >= 11 is 0. The molecule has 0 spiro atoms. The number of rotatable bonds is 7. The molecule has 0 aliphatic heterocycles. The summed E-state index contributed by atoms with van der Waals surface area (Å²) in [5.41, 5.74) is 2.94. The molecule has 0 fully saturated rings. The molecule has 0 aromatic heterocycles. The highest BCUT2D eigenvalue weighted by atomic mass is 16.5. The number of ether oxygens (including phenoxy) is 2. The zero-order chi connectivity index (χ0) is 22.2. The van der Waals surface area contributed by atoms with Crippen LogP contribution in [0.2, 0.25) is 0 Å². The number of benzene rings is 3. The van der Waals surface area contributed by atoms with Gasteiger partial charge in [0, 0.05) is 13.5 Å². The molecular formula is C25H23NO5. The maximum absolute atomic E-state index is 12.5. The van der Waals surface area contributed by atoms with Crippen LogP contribution in [0.3, 0.4) is 0 Å². The van der Waals surface area contributed by atoms with Crippen LogP contribution in [0.4, 0.5) is 0 Å². The molecule has 3 rings (SSSR count). The normalized spacial score (nSPS) is 11.3. The number of hydrogen-bond acceptors (Lipinski definition) is 5. The number of amides is 1. The van der Waals surface area contributed by atoms with Crippen LogP contribution in [0.1, 0.15) is 29.8 Å². The Morgan fingerprint density at radius 2 is 1.58 bits per heavy atom. The molecule has 31 heavy (non-hydrogen) atoms. The van der Waals surface area contributed by atoms with Gasteiger partial charge in [0.05, 0.1) is 5.56 Å². The molecule has 158 valence electrons. The van der Waals surface area contributed by atoms with Gasteiger partial charge in [-0.2, -0.15) is 0 Å². The molecule has 0 unspecified atom stereocenters. The van der Waals surface area contributed by atoms with E-state index in [0.717, 1.165) is 16.7 Å². The summed E-state index contributed by atoms with van der Waals surface area (Å²) in [4.78, 5) is 35.8. The number of hydrogen-bond donors (Lipinski definition) is 1. The minimum Gasteiger partial charge on any atom is -0.449 e. The van der Waals surface area contributed by atoms with Crippen molar-refractivity contribution >= 4 is 17.8 Å². The summed E-state index contributed by atoms with van der Waals surface area (Å²) in [5.74, 6) is -0.892. The van der Waals surface area contributed by atoms with E-state index in [-0.39, 0.29) is 11.9 Å². The maximum atomic E-state index is 12.5. The maximum Gasteiger partial charge on any atom is 0.338 e. The van der Waals surface area contributed by atoms with Crippen molar-refractivity contribution in [3.05, 3.63) is 90.0 Å². The van der Waals surface area contributed by atoms with E-state index in [1.807, 2.05) is 36.4 Å². The van der Waals surface area contributed by atoms with Gasteiger partial charge in [0.25, 0.3) is 5.91 Å². The molecule has 1 atom stereocenters. The Labute approximate surface area is 180 Å². The summed E-state index contributed by atoms with van der Waals surface area (Å²) in [7, 11) is 0. The summed E-state index contributed by atoms with van der Waals surface area (Å²) in [6, 6.07) is 23.4. The highest BCUT2D eigenvalue weighted by molar-refractivity contribution is 5.93. The number of esters is 2. The Kier molecular flexibility index (Phi) is 7.17. The number of nitrogens with one attached hydrogen (secondary N) is 1. The van der Waals surface area contributed by atoms with E-state index in [1.165, 1.54) is 13.8 Å². The third kappa shape index (κ3) is 6.27. The topological polar surface area (TPSA) is 81.7 Å². The molecule has 0 saturated carbocycles. The summed E-state index contributed by atoms with van der Waals surface area (Å²) in [6.45, 7) is 3.24. The van der Waals surface area contributed by atoms with Crippen molar-refractivity contribution in [2.75, 3.05) is 0 Å². The third-order valence-corrected chi connectivity index (χ3v) is 4.51. The average Bonchev–Trinajstić information content (AvgIpc) is 2.78. The Bertz CT molecular complexity index is 1060. The van der Waals surface area contributed by atoms with Gasteiger partial charge < -0.3 is 14.8 Å². The molecule has 0 saturated heterocycles. The monoisotopic (exact) mass is 417 g/mol. The van der Waals surface area contributed by atoms with E-state index in [1.54, 1.807) is 42.5 Å². The fourth-order valence-corrected chi connectivity index (χ4v) is 2.92. The van der Waals surface area contributed by atoms with Crippen molar-refractivity contribution in [2.24, 2.45) is 0 Å². The van der Waals surface area contributed by atoms with Crippen LogP contribution in [-0.2, 0) is 20.9 Å². The molecule has 3 aromatic rings. The van der Waals surface area contributed by atoms with Crippen molar-refractivity contribution in [3.8, 4) is 16.9 Å². The first-order valence-corrected chi connectivity index (χ1v) is 9.84. The van der Waals surface area contributed by atoms with Gasteiger partial charge in [-0.25, -0.2) is 4.79 Å². The smallest absolute Gasteiger partial charge is 0.338 e. The molecule has 6 nitrogen and oxygen atoms in total. The predicted octanol–water partition coefficient (Wildman–Crippen LogP) is 4.14. The van der Waals surface area contributed by atoms with Crippen molar-refractivity contribution in [1.82, 2.24) is 5.32 Å². The first kappa shape index (κ1) is 21.8. The van der Waals surface area contributed by atoms with Crippen molar-refractivity contribution in [3.63, 3.8) is 0 Å². The lowest BCUT2D eigenvalue weighted by atomic mass is 10.0. The zero-order valence-corrected chi connectivity index (χ0v) is 17.3. The van der Waals surface area contributed by atoms with Crippen LogP contribution in [0.5, 0.6) is 5.75 Å². The second kappa shape index (κ2) is 10.2. The van der Waals surface area contributed by atoms with Gasteiger partial charge in [-0.05, 0) is 47.9 Å². The first-order chi connectivity index (χ1) is 14.9. The third-order valence-electron chi connectivity index (χ3n) is 4.51. The van der Waals surface area contributed by atoms with Crippen LogP contribution in [-0.4, -0.2) is 23.9 Å². The zero-order valence-electron chi connectivity index (χ0n) is 17.3. The van der Waals surface area contributed by atoms with Gasteiger partial charge in [0.1, 0.15) is 5.75 Å². The summed E-state index contributed by atoms with van der Waals surface area (Å²) in [6.07, 6.45) is -0.928. The van der Waals surface area contributed by atoms with Crippen molar-refractivity contribution in [2.45, 2.75) is 26.5 Å². The van der Waals surface area contributed by atoms with Gasteiger partial charge in [0.2, 0.25) is 0 Å². The highest BCUT2D eigenvalue weighted by Gasteiger charge is 2.19. The molecule has 3 aromatic carbocycles. The van der Waals surface area contributed by atoms with Crippen LogP contribution < -0.4 is 10.1 Å². The predicted molar refractivity (Wildman–Crippen MR) is 116 cm³/mol. The van der Waals surface area contributed by atoms with Gasteiger partial charge in [0.15, 0.2) is 6.10 Å². The second-order valence-corrected chi connectivity index (χ2v) is 6.95. The van der Waals surface area contributed by atoms with E-state index in [9.17, 15) is 14.4 Å². The fraction of sp³-hybridized carbons (Fsp3) is 0.160. The average molecular weight is 417 g/mol. The van der Waals surface area contributed by atoms with E-state index in [4.69, 9.17) is 9.47 Å². The largest absolute Gasteiger partial charge is 0.449 e. The summed E-state index contributed by atoms with van der Waals surface area (Å²) < 4.78 is 10.4.